The first-order chi connectivity index (χ1) is 20.7. The molecule has 13 heteroatoms. The first kappa shape index (κ1) is 31.1. The molecule has 0 radical (unpaired) electrons. The molecule has 2 heterocycles. The van der Waals surface area contributed by atoms with Gasteiger partial charge in [0, 0.05) is 41.3 Å². The number of carbonyl (C=O) groups excluding carboxylic acids is 2. The SMILES string of the molecule is O=C(N[C@H]1CCN(C(=O)c2cc(C(F)(F)F)cc(C(F)(F)F)c2)[C@H](Cc2ccccc2)C1)c1cc(=O)c2ccc(Cl)cc2o1. The van der Waals surface area contributed by atoms with Gasteiger partial charge in [-0.2, -0.15) is 26.3 Å². The highest BCUT2D eigenvalue weighted by Crippen LogP contribution is 2.37. The third kappa shape index (κ3) is 6.91. The molecule has 230 valence electrons. The van der Waals surface area contributed by atoms with E-state index in [0.29, 0.717) is 17.2 Å². The smallest absolute Gasteiger partial charge is 0.416 e. The maximum atomic E-state index is 13.5. The lowest BCUT2D eigenvalue weighted by atomic mass is 9.91. The number of carbonyl (C=O) groups is 2. The second-order valence-electron chi connectivity index (χ2n) is 10.4. The van der Waals surface area contributed by atoms with Crippen molar-refractivity contribution >= 4 is 34.4 Å². The molecule has 44 heavy (non-hydrogen) atoms. The van der Waals surface area contributed by atoms with Gasteiger partial charge in [0.15, 0.2) is 11.2 Å². The van der Waals surface area contributed by atoms with Crippen LogP contribution in [0.3, 0.4) is 0 Å². The Labute approximate surface area is 251 Å². The largest absolute Gasteiger partial charge is 0.451 e. The van der Waals surface area contributed by atoms with E-state index in [1.165, 1.54) is 23.1 Å². The molecule has 3 aromatic carbocycles. The summed E-state index contributed by atoms with van der Waals surface area (Å²) in [5.74, 6) is -1.98. The van der Waals surface area contributed by atoms with E-state index in [1.807, 2.05) is 0 Å². The van der Waals surface area contributed by atoms with Crippen molar-refractivity contribution in [1.29, 1.82) is 0 Å². The fourth-order valence-corrected chi connectivity index (χ4v) is 5.43. The molecule has 2 atom stereocenters. The van der Waals surface area contributed by atoms with Gasteiger partial charge >= 0.3 is 12.4 Å². The maximum absolute atomic E-state index is 13.5. The molecule has 0 aliphatic carbocycles. The van der Waals surface area contributed by atoms with Crippen molar-refractivity contribution in [3.63, 3.8) is 0 Å². The summed E-state index contributed by atoms with van der Waals surface area (Å²) in [5, 5.41) is 3.29. The van der Waals surface area contributed by atoms with Crippen LogP contribution in [0.4, 0.5) is 26.3 Å². The lowest BCUT2D eigenvalue weighted by Gasteiger charge is -2.40. The normalized spacial score (nSPS) is 17.5. The van der Waals surface area contributed by atoms with Crippen molar-refractivity contribution in [2.45, 2.75) is 43.7 Å². The van der Waals surface area contributed by atoms with Crippen LogP contribution in [-0.2, 0) is 18.8 Å². The third-order valence-electron chi connectivity index (χ3n) is 7.38. The number of nitrogens with zero attached hydrogens (tertiary/aromatic N) is 1. The van der Waals surface area contributed by atoms with Crippen LogP contribution < -0.4 is 10.7 Å². The highest BCUT2D eigenvalue weighted by atomic mass is 35.5. The second-order valence-corrected chi connectivity index (χ2v) is 10.9. The second kappa shape index (κ2) is 12.0. The van der Waals surface area contributed by atoms with Crippen molar-refractivity contribution in [2.75, 3.05) is 6.54 Å². The van der Waals surface area contributed by atoms with Crippen LogP contribution in [0.5, 0.6) is 0 Å². The van der Waals surface area contributed by atoms with Gasteiger partial charge in [0.25, 0.3) is 11.8 Å². The molecule has 2 amide bonds. The van der Waals surface area contributed by atoms with Crippen LogP contribution in [0, 0.1) is 0 Å². The average molecular weight is 637 g/mol. The van der Waals surface area contributed by atoms with Gasteiger partial charge < -0.3 is 14.6 Å². The summed E-state index contributed by atoms with van der Waals surface area (Å²) in [6, 6.07) is 13.8. The molecule has 5 rings (SSSR count). The highest BCUT2D eigenvalue weighted by Gasteiger charge is 2.39. The predicted octanol–water partition coefficient (Wildman–Crippen LogP) is 7.13. The van der Waals surface area contributed by atoms with E-state index in [9.17, 15) is 40.7 Å². The molecule has 1 saturated heterocycles. The summed E-state index contributed by atoms with van der Waals surface area (Å²) in [4.78, 5) is 40.4. The first-order valence-electron chi connectivity index (χ1n) is 13.4. The highest BCUT2D eigenvalue weighted by molar-refractivity contribution is 6.31. The number of halogens is 7. The third-order valence-corrected chi connectivity index (χ3v) is 7.61. The van der Waals surface area contributed by atoms with Gasteiger partial charge in [0.2, 0.25) is 0 Å². The van der Waals surface area contributed by atoms with Gasteiger partial charge in [-0.3, -0.25) is 14.4 Å². The van der Waals surface area contributed by atoms with Crippen LogP contribution in [0.2, 0.25) is 5.02 Å². The molecule has 0 unspecified atom stereocenters. The zero-order valence-electron chi connectivity index (χ0n) is 22.6. The van der Waals surface area contributed by atoms with Crippen molar-refractivity contribution in [3.05, 3.63) is 116 Å². The Bertz CT molecular complexity index is 1740. The van der Waals surface area contributed by atoms with Gasteiger partial charge in [0.1, 0.15) is 5.58 Å². The predicted molar refractivity (Wildman–Crippen MR) is 149 cm³/mol. The van der Waals surface area contributed by atoms with Gasteiger partial charge in [-0.15, -0.1) is 0 Å². The molecule has 1 N–H and O–H groups in total. The van der Waals surface area contributed by atoms with Crippen LogP contribution in [-0.4, -0.2) is 35.3 Å². The number of fused-ring (bicyclic) bond motifs is 1. The van der Waals surface area contributed by atoms with Crippen LogP contribution in [0.1, 0.15) is 50.4 Å². The lowest BCUT2D eigenvalue weighted by Crippen LogP contribution is -2.52. The number of rotatable bonds is 5. The fourth-order valence-electron chi connectivity index (χ4n) is 5.27. The number of nitrogens with one attached hydrogen (secondary N) is 1. The summed E-state index contributed by atoms with van der Waals surface area (Å²) >= 11 is 5.98. The van der Waals surface area contributed by atoms with Crippen LogP contribution in [0.25, 0.3) is 11.0 Å². The molecule has 1 fully saturated rings. The van der Waals surface area contributed by atoms with Gasteiger partial charge in [-0.1, -0.05) is 41.9 Å². The number of alkyl halides is 6. The van der Waals surface area contributed by atoms with E-state index < -0.39 is 58.4 Å². The van der Waals surface area contributed by atoms with Crippen LogP contribution in [0.15, 0.2) is 82.0 Å². The van der Waals surface area contributed by atoms with E-state index in [-0.39, 0.29) is 48.6 Å². The van der Waals surface area contributed by atoms with Gasteiger partial charge in [-0.05, 0) is 55.2 Å². The first-order valence-corrected chi connectivity index (χ1v) is 13.8. The molecule has 1 aromatic heterocycles. The molecular weight excluding hydrogens is 614 g/mol. The quantitative estimate of drug-likeness (QED) is 0.237. The van der Waals surface area contributed by atoms with Crippen molar-refractivity contribution < 1.29 is 40.3 Å². The van der Waals surface area contributed by atoms with Crippen LogP contribution >= 0.6 is 11.6 Å². The lowest BCUT2D eigenvalue weighted by molar-refractivity contribution is -0.143. The van der Waals surface area contributed by atoms with Crippen molar-refractivity contribution in [2.24, 2.45) is 0 Å². The molecule has 6 nitrogen and oxygen atoms in total. The van der Waals surface area contributed by atoms with E-state index in [0.717, 1.165) is 11.6 Å². The molecule has 1 aliphatic heterocycles. The monoisotopic (exact) mass is 636 g/mol. The summed E-state index contributed by atoms with van der Waals surface area (Å²) in [6.07, 6.45) is -9.74. The summed E-state index contributed by atoms with van der Waals surface area (Å²) in [7, 11) is 0. The molecule has 0 bridgehead atoms. The number of hydrogen-bond donors (Lipinski definition) is 1. The molecular formula is C31H23ClF6N2O4. The van der Waals surface area contributed by atoms with E-state index >= 15 is 0 Å². The maximum Gasteiger partial charge on any atom is 0.416 e. The Morgan fingerprint density at radius 3 is 2.20 bits per heavy atom. The Morgan fingerprint density at radius 2 is 1.57 bits per heavy atom. The number of likely N-dealkylation sites (tertiary alicyclic amines) is 1. The Hall–Kier alpha value is -4.32. The van der Waals surface area contributed by atoms with Gasteiger partial charge in [0.05, 0.1) is 16.5 Å². The van der Waals surface area contributed by atoms with E-state index in [1.54, 1.807) is 30.3 Å². The van der Waals surface area contributed by atoms with Gasteiger partial charge in [-0.25, -0.2) is 0 Å². The van der Waals surface area contributed by atoms with E-state index in [4.69, 9.17) is 16.0 Å². The molecule has 1 aliphatic rings. The summed E-state index contributed by atoms with van der Waals surface area (Å²) in [6.45, 7) is -0.0733. The molecule has 0 saturated carbocycles. The minimum Gasteiger partial charge on any atom is -0.451 e. The zero-order valence-corrected chi connectivity index (χ0v) is 23.4. The Kier molecular flexibility index (Phi) is 8.48. The summed E-state index contributed by atoms with van der Waals surface area (Å²) in [5.41, 5.74) is -3.51. The Morgan fingerprint density at radius 1 is 0.909 bits per heavy atom. The topological polar surface area (TPSA) is 79.6 Å². The average Bonchev–Trinajstić information content (AvgIpc) is 2.96. The van der Waals surface area contributed by atoms with Crippen molar-refractivity contribution in [3.8, 4) is 0 Å². The minimum atomic E-state index is -5.11. The number of piperidine rings is 1. The standard InChI is InChI=1S/C31H23ClF6N2O4/c32-21-6-7-24-25(41)16-27(44-26(24)14-21)28(42)39-22-8-9-40(23(15-22)10-17-4-2-1-3-5-17)29(43)18-11-19(30(33,34)35)13-20(12-18)31(36,37)38/h1-7,11-14,16,22-23H,8-10,15H2,(H,39,42)/t22-,23+/m0/s1. The zero-order chi connectivity index (χ0) is 31.8. The fraction of sp³-hybridized carbons (Fsp3) is 0.258. The van der Waals surface area contributed by atoms with Crippen molar-refractivity contribution in [1.82, 2.24) is 10.2 Å². The minimum absolute atomic E-state index is 0.0287. The number of amides is 2. The van der Waals surface area contributed by atoms with E-state index in [2.05, 4.69) is 5.32 Å². The molecule has 4 aromatic rings. The molecule has 0 spiro atoms. The summed E-state index contributed by atoms with van der Waals surface area (Å²) < 4.78 is 86.5. The number of benzene rings is 3. The number of hydrogen-bond acceptors (Lipinski definition) is 4. The Balaban J connectivity index is 1.42.